The van der Waals surface area contributed by atoms with Gasteiger partial charge in [-0.3, -0.25) is 4.74 Å². The second-order valence-electron chi connectivity index (χ2n) is 2.60. The molecule has 1 aliphatic rings. The number of alkyl halides is 5. The topological polar surface area (TPSA) is 27.7 Å². The Morgan fingerprint density at radius 3 is 2.31 bits per heavy atom. The molecule has 1 fully saturated rings. The van der Waals surface area contributed by atoms with Crippen LogP contribution in [0, 0.1) is 0 Å². The van der Waals surface area contributed by atoms with Crippen molar-refractivity contribution < 1.29 is 44.9 Å². The lowest BCUT2D eigenvalue weighted by Crippen LogP contribution is -2.39. The van der Waals surface area contributed by atoms with Crippen LogP contribution in [-0.2, 0) is 14.2 Å². The SMILES string of the molecule is FC(F)=C1OC(F)C(F)(COC(F)(F)F)O1. The van der Waals surface area contributed by atoms with Gasteiger partial charge in [0.05, 0.1) is 0 Å². The zero-order valence-electron chi connectivity index (χ0n) is 7.15. The van der Waals surface area contributed by atoms with Crippen molar-refractivity contribution in [3.8, 4) is 0 Å². The molecule has 1 aliphatic heterocycles. The molecule has 94 valence electrons. The van der Waals surface area contributed by atoms with Crippen molar-refractivity contribution in [3.63, 3.8) is 0 Å². The minimum atomic E-state index is -5.25. The standard InChI is InChI=1S/C6H3F7O3/c7-2(8)3-15-4(9)5(10,16-3)1-14-6(11,12)13/h4H,1H2. The third-order valence-electron chi connectivity index (χ3n) is 1.40. The van der Waals surface area contributed by atoms with Crippen LogP contribution in [0.2, 0.25) is 0 Å². The van der Waals surface area contributed by atoms with Crippen LogP contribution in [0.4, 0.5) is 30.7 Å². The maximum Gasteiger partial charge on any atom is 0.522 e. The summed E-state index contributed by atoms with van der Waals surface area (Å²) >= 11 is 0. The molecule has 0 aliphatic carbocycles. The summed E-state index contributed by atoms with van der Waals surface area (Å²) in [6, 6.07) is 0. The summed E-state index contributed by atoms with van der Waals surface area (Å²) in [5.74, 6) is -5.56. The van der Waals surface area contributed by atoms with Crippen molar-refractivity contribution in [2.75, 3.05) is 6.61 Å². The molecular formula is C6H3F7O3. The highest BCUT2D eigenvalue weighted by Crippen LogP contribution is 2.37. The molecule has 10 heteroatoms. The van der Waals surface area contributed by atoms with Gasteiger partial charge in [-0.05, 0) is 0 Å². The van der Waals surface area contributed by atoms with Gasteiger partial charge in [-0.15, -0.1) is 13.2 Å². The van der Waals surface area contributed by atoms with Crippen molar-refractivity contribution in [2.45, 2.75) is 18.6 Å². The van der Waals surface area contributed by atoms with Gasteiger partial charge >= 0.3 is 30.6 Å². The van der Waals surface area contributed by atoms with Crippen LogP contribution in [0.3, 0.4) is 0 Å². The van der Waals surface area contributed by atoms with Gasteiger partial charge in [0.1, 0.15) is 6.61 Å². The first kappa shape index (κ1) is 12.9. The number of halogens is 7. The average molecular weight is 256 g/mol. The molecule has 0 aromatic rings. The molecule has 1 heterocycles. The number of hydrogen-bond acceptors (Lipinski definition) is 3. The van der Waals surface area contributed by atoms with Gasteiger partial charge in [0.15, 0.2) is 0 Å². The van der Waals surface area contributed by atoms with E-state index in [-0.39, 0.29) is 0 Å². The number of ether oxygens (including phenoxy) is 3. The smallest absolute Gasteiger partial charge is 0.419 e. The molecule has 1 saturated heterocycles. The predicted octanol–water partition coefficient (Wildman–Crippen LogP) is 2.60. The summed E-state index contributed by atoms with van der Waals surface area (Å²) in [6.45, 7) is -1.96. The summed E-state index contributed by atoms with van der Waals surface area (Å²) < 4.78 is 93.8. The van der Waals surface area contributed by atoms with Gasteiger partial charge in [-0.25, -0.2) is 0 Å². The third kappa shape index (κ3) is 2.90. The van der Waals surface area contributed by atoms with Crippen molar-refractivity contribution in [2.24, 2.45) is 0 Å². The summed E-state index contributed by atoms with van der Waals surface area (Å²) in [6.07, 6.45) is -11.1. The Kier molecular flexibility index (Phi) is 3.22. The van der Waals surface area contributed by atoms with Gasteiger partial charge in [0.25, 0.3) is 0 Å². The zero-order chi connectivity index (χ0) is 12.6. The van der Waals surface area contributed by atoms with Gasteiger partial charge in [0, 0.05) is 0 Å². The maximum absolute atomic E-state index is 13.1. The molecule has 0 N–H and O–H groups in total. The Bertz CT molecular complexity index is 297. The summed E-state index contributed by atoms with van der Waals surface area (Å²) in [5.41, 5.74) is 0. The van der Waals surface area contributed by atoms with Crippen LogP contribution in [0.5, 0.6) is 0 Å². The van der Waals surface area contributed by atoms with Crippen LogP contribution < -0.4 is 0 Å². The molecule has 3 nitrogen and oxygen atoms in total. The first-order chi connectivity index (χ1) is 7.14. The highest BCUT2D eigenvalue weighted by Gasteiger charge is 2.55. The van der Waals surface area contributed by atoms with E-state index >= 15 is 0 Å². The quantitative estimate of drug-likeness (QED) is 0.711. The van der Waals surface area contributed by atoms with E-state index < -0.39 is 37.2 Å². The number of hydrogen-bond donors (Lipinski definition) is 0. The molecular weight excluding hydrogens is 253 g/mol. The molecule has 0 amide bonds. The molecule has 0 spiro atoms. The minimum Gasteiger partial charge on any atom is -0.419 e. The Morgan fingerprint density at radius 2 is 1.94 bits per heavy atom. The van der Waals surface area contributed by atoms with Crippen molar-refractivity contribution in [1.29, 1.82) is 0 Å². The summed E-state index contributed by atoms with van der Waals surface area (Å²) in [4.78, 5) is 0. The summed E-state index contributed by atoms with van der Waals surface area (Å²) in [5, 5.41) is 0. The van der Waals surface area contributed by atoms with Crippen molar-refractivity contribution in [1.82, 2.24) is 0 Å². The van der Waals surface area contributed by atoms with E-state index in [9.17, 15) is 30.7 Å². The van der Waals surface area contributed by atoms with E-state index in [1.165, 1.54) is 0 Å². The fourth-order valence-electron chi connectivity index (χ4n) is 0.765. The van der Waals surface area contributed by atoms with Crippen LogP contribution >= 0.6 is 0 Å². The van der Waals surface area contributed by atoms with Crippen LogP contribution in [0.25, 0.3) is 0 Å². The number of rotatable bonds is 2. The Balaban J connectivity index is 2.68. The lowest BCUT2D eigenvalue weighted by atomic mass is 10.3. The molecule has 0 aromatic heterocycles. The van der Waals surface area contributed by atoms with Gasteiger partial charge < -0.3 is 9.47 Å². The molecule has 0 aromatic carbocycles. The molecule has 0 bridgehead atoms. The van der Waals surface area contributed by atoms with Gasteiger partial charge in [0.2, 0.25) is 0 Å². The largest absolute Gasteiger partial charge is 0.522 e. The van der Waals surface area contributed by atoms with Crippen LogP contribution in [0.1, 0.15) is 0 Å². The van der Waals surface area contributed by atoms with E-state index in [0.717, 1.165) is 0 Å². The summed E-state index contributed by atoms with van der Waals surface area (Å²) in [7, 11) is 0. The lowest BCUT2D eigenvalue weighted by molar-refractivity contribution is -0.349. The maximum atomic E-state index is 13.1. The molecule has 2 atom stereocenters. The van der Waals surface area contributed by atoms with Crippen molar-refractivity contribution in [3.05, 3.63) is 12.0 Å². The highest BCUT2D eigenvalue weighted by molar-refractivity contribution is 4.94. The van der Waals surface area contributed by atoms with E-state index in [2.05, 4.69) is 14.2 Å². The Labute approximate surface area is 83.4 Å². The Morgan fingerprint density at radius 1 is 1.38 bits per heavy atom. The molecule has 0 saturated carbocycles. The predicted molar refractivity (Wildman–Crippen MR) is 32.2 cm³/mol. The third-order valence-corrected chi connectivity index (χ3v) is 1.40. The zero-order valence-corrected chi connectivity index (χ0v) is 7.15. The van der Waals surface area contributed by atoms with E-state index in [1.54, 1.807) is 0 Å². The van der Waals surface area contributed by atoms with Crippen LogP contribution in [0.15, 0.2) is 12.0 Å². The highest BCUT2D eigenvalue weighted by atomic mass is 19.4. The monoisotopic (exact) mass is 256 g/mol. The Hall–Kier alpha value is -1.19. The normalized spacial score (nSPS) is 29.9. The second-order valence-corrected chi connectivity index (χ2v) is 2.60. The van der Waals surface area contributed by atoms with Crippen molar-refractivity contribution >= 4 is 0 Å². The first-order valence-electron chi connectivity index (χ1n) is 3.59. The molecule has 1 rings (SSSR count). The minimum absolute atomic E-state index is 1.80. The van der Waals surface area contributed by atoms with Gasteiger partial charge in [-0.2, -0.15) is 17.6 Å². The van der Waals surface area contributed by atoms with E-state index in [4.69, 9.17) is 0 Å². The first-order valence-corrected chi connectivity index (χ1v) is 3.59. The molecule has 2 unspecified atom stereocenters. The fourth-order valence-corrected chi connectivity index (χ4v) is 0.765. The molecule has 16 heavy (non-hydrogen) atoms. The van der Waals surface area contributed by atoms with E-state index in [1.807, 2.05) is 0 Å². The van der Waals surface area contributed by atoms with E-state index in [0.29, 0.717) is 0 Å². The van der Waals surface area contributed by atoms with Gasteiger partial charge in [-0.1, -0.05) is 0 Å². The molecule has 0 radical (unpaired) electrons. The second kappa shape index (κ2) is 4.00. The average Bonchev–Trinajstić information content (AvgIpc) is 2.40. The lowest BCUT2D eigenvalue weighted by Gasteiger charge is -2.18. The van der Waals surface area contributed by atoms with Crippen LogP contribution in [-0.4, -0.2) is 25.2 Å². The fraction of sp³-hybridized carbons (Fsp3) is 0.667.